The Hall–Kier alpha value is -0.870. The fourth-order valence-electron chi connectivity index (χ4n) is 1.27. The second-order valence-corrected chi connectivity index (χ2v) is 3.37. The fourth-order valence-corrected chi connectivity index (χ4v) is 1.27. The van der Waals surface area contributed by atoms with Gasteiger partial charge in [0, 0.05) is 30.9 Å². The molecule has 14 heavy (non-hydrogen) atoms. The minimum atomic E-state index is 0.193. The summed E-state index contributed by atoms with van der Waals surface area (Å²) >= 11 is 0. The molecular weight excluding hydrogens is 178 g/mol. The smallest absolute Gasteiger partial charge is 0.0584 e. The van der Waals surface area contributed by atoms with E-state index >= 15 is 0 Å². The van der Waals surface area contributed by atoms with Gasteiger partial charge in [0.2, 0.25) is 0 Å². The maximum atomic E-state index is 8.97. The third-order valence-electron chi connectivity index (χ3n) is 2.32. The number of hydrogen-bond donors (Lipinski definition) is 2. The number of nitrogens with zero attached hydrogens (tertiary/aromatic N) is 2. The molecule has 4 nitrogen and oxygen atoms in total. The molecule has 2 N–H and O–H groups in total. The Morgan fingerprint density at radius 2 is 2.36 bits per heavy atom. The molecular formula is C10H19N3O. The third kappa shape index (κ3) is 3.12. The molecule has 4 heteroatoms. The lowest BCUT2D eigenvalue weighted by molar-refractivity contribution is 0.238. The molecule has 0 amide bonds. The summed E-state index contributed by atoms with van der Waals surface area (Å²) in [5.41, 5.74) is 1.17. The number of rotatable bonds is 6. The second-order valence-electron chi connectivity index (χ2n) is 3.37. The number of hydrogen-bond acceptors (Lipinski definition) is 3. The Balaban J connectivity index is 2.37. The average Bonchev–Trinajstić information content (AvgIpc) is 2.67. The van der Waals surface area contributed by atoms with Gasteiger partial charge in [-0.1, -0.05) is 6.92 Å². The van der Waals surface area contributed by atoms with Gasteiger partial charge in [-0.2, -0.15) is 5.10 Å². The first-order chi connectivity index (χ1) is 6.80. The van der Waals surface area contributed by atoms with Crippen LogP contribution in [-0.4, -0.2) is 27.5 Å². The zero-order valence-corrected chi connectivity index (χ0v) is 8.90. The van der Waals surface area contributed by atoms with Gasteiger partial charge in [0.05, 0.1) is 12.8 Å². The molecule has 1 heterocycles. The van der Waals surface area contributed by atoms with Crippen molar-refractivity contribution in [2.45, 2.75) is 39.4 Å². The summed E-state index contributed by atoms with van der Waals surface area (Å²) in [6.07, 6.45) is 4.83. The van der Waals surface area contributed by atoms with Gasteiger partial charge < -0.3 is 10.4 Å². The van der Waals surface area contributed by atoms with Crippen molar-refractivity contribution in [1.82, 2.24) is 15.1 Å². The maximum Gasteiger partial charge on any atom is 0.0584 e. The molecule has 0 radical (unpaired) electrons. The van der Waals surface area contributed by atoms with E-state index < -0.39 is 0 Å². The monoisotopic (exact) mass is 197 g/mol. The Bertz CT molecular complexity index is 256. The van der Waals surface area contributed by atoms with Gasteiger partial charge in [-0.25, -0.2) is 0 Å². The van der Waals surface area contributed by atoms with Crippen LogP contribution in [0, 0.1) is 0 Å². The van der Waals surface area contributed by atoms with E-state index in [-0.39, 0.29) is 12.6 Å². The van der Waals surface area contributed by atoms with Gasteiger partial charge in [0.25, 0.3) is 0 Å². The molecule has 80 valence electrons. The first-order valence-corrected chi connectivity index (χ1v) is 5.15. The highest BCUT2D eigenvalue weighted by Crippen LogP contribution is 1.98. The van der Waals surface area contributed by atoms with Gasteiger partial charge in [-0.15, -0.1) is 0 Å². The normalized spacial score (nSPS) is 13.1. The van der Waals surface area contributed by atoms with Gasteiger partial charge in [0.1, 0.15) is 0 Å². The quantitative estimate of drug-likeness (QED) is 0.708. The highest BCUT2D eigenvalue weighted by atomic mass is 16.3. The minimum Gasteiger partial charge on any atom is -0.395 e. The van der Waals surface area contributed by atoms with Crippen LogP contribution in [0.1, 0.15) is 25.8 Å². The van der Waals surface area contributed by atoms with Crippen molar-refractivity contribution >= 4 is 0 Å². The number of nitrogens with one attached hydrogen (secondary N) is 1. The molecule has 1 atom stereocenters. The number of aliphatic hydroxyl groups is 1. The molecule has 0 bridgehead atoms. The zero-order chi connectivity index (χ0) is 10.4. The van der Waals surface area contributed by atoms with Crippen molar-refractivity contribution in [2.75, 3.05) is 6.61 Å². The van der Waals surface area contributed by atoms with Crippen LogP contribution in [0.4, 0.5) is 0 Å². The minimum absolute atomic E-state index is 0.193. The van der Waals surface area contributed by atoms with E-state index in [1.807, 2.05) is 17.1 Å². The largest absolute Gasteiger partial charge is 0.395 e. The predicted molar refractivity (Wildman–Crippen MR) is 55.9 cm³/mol. The van der Waals surface area contributed by atoms with Crippen LogP contribution in [0.3, 0.4) is 0 Å². The Morgan fingerprint density at radius 1 is 1.57 bits per heavy atom. The molecule has 0 fully saturated rings. The van der Waals surface area contributed by atoms with E-state index in [4.69, 9.17) is 5.11 Å². The number of aliphatic hydroxyl groups excluding tert-OH is 1. The SMILES string of the molecule is CC[C@@H](CO)NCc1cnn(CC)c1. The van der Waals surface area contributed by atoms with Gasteiger partial charge >= 0.3 is 0 Å². The molecule has 0 aliphatic rings. The van der Waals surface area contributed by atoms with Crippen molar-refractivity contribution in [3.05, 3.63) is 18.0 Å². The van der Waals surface area contributed by atoms with E-state index in [2.05, 4.69) is 24.3 Å². The summed E-state index contributed by atoms with van der Waals surface area (Å²) < 4.78 is 1.90. The van der Waals surface area contributed by atoms with Crippen LogP contribution in [0.15, 0.2) is 12.4 Å². The second kappa shape index (κ2) is 5.78. The van der Waals surface area contributed by atoms with Crippen molar-refractivity contribution < 1.29 is 5.11 Å². The summed E-state index contributed by atoms with van der Waals surface area (Å²) in [7, 11) is 0. The third-order valence-corrected chi connectivity index (χ3v) is 2.32. The lowest BCUT2D eigenvalue weighted by Crippen LogP contribution is -2.31. The van der Waals surface area contributed by atoms with E-state index in [0.717, 1.165) is 19.5 Å². The first kappa shape index (κ1) is 11.2. The van der Waals surface area contributed by atoms with E-state index in [1.165, 1.54) is 5.56 Å². The fraction of sp³-hybridized carbons (Fsp3) is 0.700. The Morgan fingerprint density at radius 3 is 2.86 bits per heavy atom. The van der Waals surface area contributed by atoms with Crippen molar-refractivity contribution in [1.29, 1.82) is 0 Å². The summed E-state index contributed by atoms with van der Waals surface area (Å²) in [5.74, 6) is 0. The Labute approximate surface area is 84.9 Å². The molecule has 1 aromatic heterocycles. The van der Waals surface area contributed by atoms with E-state index in [1.54, 1.807) is 0 Å². The summed E-state index contributed by atoms with van der Waals surface area (Å²) in [4.78, 5) is 0. The standard InChI is InChI=1S/C10H19N3O/c1-3-10(8-14)11-5-9-6-12-13(4-2)7-9/h6-7,10-11,14H,3-5,8H2,1-2H3/t10-/m0/s1. The molecule has 0 unspecified atom stereocenters. The van der Waals surface area contributed by atoms with Crippen LogP contribution < -0.4 is 5.32 Å². The van der Waals surface area contributed by atoms with Gasteiger partial charge in [0.15, 0.2) is 0 Å². The topological polar surface area (TPSA) is 50.1 Å². The van der Waals surface area contributed by atoms with Gasteiger partial charge in [-0.3, -0.25) is 4.68 Å². The van der Waals surface area contributed by atoms with Crippen LogP contribution in [-0.2, 0) is 13.1 Å². The molecule has 0 aliphatic heterocycles. The summed E-state index contributed by atoms with van der Waals surface area (Å²) in [6.45, 7) is 5.99. The van der Waals surface area contributed by atoms with Crippen LogP contribution >= 0.6 is 0 Å². The van der Waals surface area contributed by atoms with Crippen LogP contribution in [0.5, 0.6) is 0 Å². The molecule has 1 aromatic rings. The predicted octanol–water partition coefficient (Wildman–Crippen LogP) is 0.763. The van der Waals surface area contributed by atoms with Gasteiger partial charge in [-0.05, 0) is 13.3 Å². The maximum absolute atomic E-state index is 8.97. The van der Waals surface area contributed by atoms with Crippen LogP contribution in [0.2, 0.25) is 0 Å². The summed E-state index contributed by atoms with van der Waals surface area (Å²) in [6, 6.07) is 0.194. The van der Waals surface area contributed by atoms with Crippen molar-refractivity contribution in [2.24, 2.45) is 0 Å². The van der Waals surface area contributed by atoms with Crippen molar-refractivity contribution in [3.8, 4) is 0 Å². The Kier molecular flexibility index (Phi) is 4.62. The molecule has 0 aliphatic carbocycles. The summed E-state index contributed by atoms with van der Waals surface area (Å²) in [5, 5.41) is 16.4. The van der Waals surface area contributed by atoms with E-state index in [0.29, 0.717) is 0 Å². The molecule has 1 rings (SSSR count). The highest BCUT2D eigenvalue weighted by Gasteiger charge is 2.04. The van der Waals surface area contributed by atoms with E-state index in [9.17, 15) is 0 Å². The molecule has 0 saturated heterocycles. The zero-order valence-electron chi connectivity index (χ0n) is 8.90. The first-order valence-electron chi connectivity index (χ1n) is 5.15. The lowest BCUT2D eigenvalue weighted by atomic mass is 10.2. The average molecular weight is 197 g/mol. The number of aryl methyl sites for hydroxylation is 1. The number of aromatic nitrogens is 2. The molecule has 0 spiro atoms. The van der Waals surface area contributed by atoms with Crippen molar-refractivity contribution in [3.63, 3.8) is 0 Å². The lowest BCUT2D eigenvalue weighted by Gasteiger charge is -2.12. The highest BCUT2D eigenvalue weighted by molar-refractivity contribution is 5.03. The van der Waals surface area contributed by atoms with Crippen LogP contribution in [0.25, 0.3) is 0 Å². The molecule has 0 aromatic carbocycles. The molecule has 0 saturated carbocycles.